The number of likely N-dealkylation sites (tertiary alicyclic amines) is 1. The normalized spacial score (nSPS) is 21.3. The van der Waals surface area contributed by atoms with Crippen molar-refractivity contribution in [3.8, 4) is 6.07 Å². The lowest BCUT2D eigenvalue weighted by Gasteiger charge is -2.57. The molecule has 4 nitrogen and oxygen atoms in total. The maximum Gasteiger partial charge on any atom is 0.124 e. The highest BCUT2D eigenvalue weighted by Crippen LogP contribution is 2.52. The molecule has 0 amide bonds. The fourth-order valence-corrected chi connectivity index (χ4v) is 4.45. The van der Waals surface area contributed by atoms with Gasteiger partial charge in [0.15, 0.2) is 0 Å². The van der Waals surface area contributed by atoms with E-state index in [1.165, 1.54) is 18.4 Å². The molecule has 4 rings (SSSR count). The average molecular weight is 361 g/mol. The number of pyridine rings is 1. The minimum Gasteiger partial charge on any atom is -0.380 e. The van der Waals surface area contributed by atoms with E-state index in [1.54, 1.807) is 18.5 Å². The number of nitriles is 1. The quantitative estimate of drug-likeness (QED) is 0.880. The third-order valence-corrected chi connectivity index (χ3v) is 6.32. The van der Waals surface area contributed by atoms with Gasteiger partial charge in [0.1, 0.15) is 11.7 Å². The Hall–Kier alpha value is -2.22. The minimum absolute atomic E-state index is 0.315. The third kappa shape index (κ3) is 2.96. The minimum atomic E-state index is -1.17. The summed E-state index contributed by atoms with van der Waals surface area (Å²) in [6.45, 7) is 8.21. The molecule has 1 aliphatic carbocycles. The molecule has 2 heterocycles. The van der Waals surface area contributed by atoms with Gasteiger partial charge in [-0.05, 0) is 36.0 Å². The van der Waals surface area contributed by atoms with Crippen LogP contribution in [0.15, 0.2) is 42.7 Å². The van der Waals surface area contributed by atoms with Gasteiger partial charge in [-0.2, -0.15) is 5.26 Å². The van der Waals surface area contributed by atoms with Crippen molar-refractivity contribution >= 4 is 0 Å². The Bertz CT molecular complexity index is 873. The summed E-state index contributed by atoms with van der Waals surface area (Å²) < 4.78 is 0. The number of aromatic nitrogens is 1. The largest absolute Gasteiger partial charge is 0.380 e. The summed E-state index contributed by atoms with van der Waals surface area (Å²) >= 11 is 0. The van der Waals surface area contributed by atoms with Gasteiger partial charge in [-0.25, -0.2) is 0 Å². The molecule has 140 valence electrons. The predicted octanol–water partition coefficient (Wildman–Crippen LogP) is 3.80. The SMILES string of the molecule is CC(C)c1ccc(C(O)(c2cncc(C#N)c2)C2(C)CN(C3CC3)C2)cc1. The van der Waals surface area contributed by atoms with E-state index in [0.717, 1.165) is 18.7 Å². The first-order valence-electron chi connectivity index (χ1n) is 9.80. The van der Waals surface area contributed by atoms with E-state index >= 15 is 0 Å². The highest BCUT2D eigenvalue weighted by atomic mass is 16.3. The molecule has 1 aromatic heterocycles. The number of aliphatic hydroxyl groups is 1. The summed E-state index contributed by atoms with van der Waals surface area (Å²) in [4.78, 5) is 6.70. The second-order valence-corrected chi connectivity index (χ2v) is 8.76. The van der Waals surface area contributed by atoms with Gasteiger partial charge in [0.25, 0.3) is 0 Å². The third-order valence-electron chi connectivity index (χ3n) is 6.32. The first kappa shape index (κ1) is 18.2. The molecule has 1 atom stereocenters. The Morgan fingerprint density at radius 1 is 1.19 bits per heavy atom. The van der Waals surface area contributed by atoms with Crippen molar-refractivity contribution in [2.45, 2.75) is 51.2 Å². The van der Waals surface area contributed by atoms with Crippen LogP contribution in [0.5, 0.6) is 0 Å². The number of nitrogens with zero attached hydrogens (tertiary/aromatic N) is 3. The molecule has 1 unspecified atom stereocenters. The summed E-state index contributed by atoms with van der Waals surface area (Å²) in [5.74, 6) is 0.445. The van der Waals surface area contributed by atoms with E-state index in [2.05, 4.69) is 48.9 Å². The Morgan fingerprint density at radius 3 is 2.41 bits per heavy atom. The van der Waals surface area contributed by atoms with Gasteiger partial charge >= 0.3 is 0 Å². The lowest BCUT2D eigenvalue weighted by molar-refractivity contribution is -0.138. The molecule has 1 aliphatic heterocycles. The van der Waals surface area contributed by atoms with E-state index in [4.69, 9.17) is 0 Å². The highest BCUT2D eigenvalue weighted by Gasteiger charge is 2.58. The lowest BCUT2D eigenvalue weighted by Crippen LogP contribution is -2.65. The summed E-state index contributed by atoms with van der Waals surface area (Å²) in [6, 6.07) is 12.9. The predicted molar refractivity (Wildman–Crippen MR) is 105 cm³/mol. The van der Waals surface area contributed by atoms with Crippen molar-refractivity contribution in [3.63, 3.8) is 0 Å². The van der Waals surface area contributed by atoms with Gasteiger partial charge in [-0.15, -0.1) is 0 Å². The van der Waals surface area contributed by atoms with E-state index in [9.17, 15) is 10.4 Å². The lowest BCUT2D eigenvalue weighted by atomic mass is 9.62. The molecule has 1 aromatic carbocycles. The molecule has 2 aliphatic rings. The van der Waals surface area contributed by atoms with Crippen LogP contribution in [-0.2, 0) is 5.60 Å². The van der Waals surface area contributed by atoms with Gasteiger partial charge < -0.3 is 5.11 Å². The van der Waals surface area contributed by atoms with Gasteiger partial charge in [-0.1, -0.05) is 45.0 Å². The van der Waals surface area contributed by atoms with Crippen LogP contribution in [0.3, 0.4) is 0 Å². The zero-order valence-corrected chi connectivity index (χ0v) is 16.3. The first-order valence-corrected chi connectivity index (χ1v) is 9.80. The maximum atomic E-state index is 12.1. The van der Waals surface area contributed by atoms with Crippen LogP contribution < -0.4 is 0 Å². The van der Waals surface area contributed by atoms with Gasteiger partial charge in [-0.3, -0.25) is 9.88 Å². The van der Waals surface area contributed by atoms with Crippen LogP contribution in [-0.4, -0.2) is 34.1 Å². The van der Waals surface area contributed by atoms with Crippen molar-refractivity contribution in [1.29, 1.82) is 5.26 Å². The summed E-state index contributed by atoms with van der Waals surface area (Å²) in [6.07, 6.45) is 5.79. The summed E-state index contributed by atoms with van der Waals surface area (Å²) in [5, 5.41) is 21.4. The van der Waals surface area contributed by atoms with Crippen molar-refractivity contribution in [2.75, 3.05) is 13.1 Å². The topological polar surface area (TPSA) is 60.2 Å². The first-order chi connectivity index (χ1) is 12.9. The van der Waals surface area contributed by atoms with E-state index in [1.807, 2.05) is 12.1 Å². The Kier molecular flexibility index (Phi) is 4.33. The molecule has 27 heavy (non-hydrogen) atoms. The van der Waals surface area contributed by atoms with Gasteiger partial charge in [0.2, 0.25) is 0 Å². The number of rotatable bonds is 5. The number of hydrogen-bond acceptors (Lipinski definition) is 4. The van der Waals surface area contributed by atoms with E-state index in [-0.39, 0.29) is 5.41 Å². The Labute approximate surface area is 161 Å². The molecule has 1 saturated carbocycles. The Balaban J connectivity index is 1.78. The van der Waals surface area contributed by atoms with Crippen LogP contribution in [0.1, 0.15) is 61.8 Å². The van der Waals surface area contributed by atoms with Crippen LogP contribution in [0.2, 0.25) is 0 Å². The molecule has 2 aromatic rings. The van der Waals surface area contributed by atoms with Crippen LogP contribution in [0.25, 0.3) is 0 Å². The molecular formula is C23H27N3O. The molecule has 0 radical (unpaired) electrons. The Morgan fingerprint density at radius 2 is 1.85 bits per heavy atom. The van der Waals surface area contributed by atoms with Gasteiger partial charge in [0.05, 0.1) is 5.56 Å². The van der Waals surface area contributed by atoms with Crippen molar-refractivity contribution in [3.05, 3.63) is 65.0 Å². The molecular weight excluding hydrogens is 334 g/mol. The molecule has 1 N–H and O–H groups in total. The molecule has 4 heteroatoms. The van der Waals surface area contributed by atoms with Crippen molar-refractivity contribution in [1.82, 2.24) is 9.88 Å². The van der Waals surface area contributed by atoms with Crippen LogP contribution in [0.4, 0.5) is 0 Å². The van der Waals surface area contributed by atoms with E-state index in [0.29, 0.717) is 23.1 Å². The summed E-state index contributed by atoms with van der Waals surface area (Å²) in [5.41, 5.74) is 1.83. The standard InChI is InChI=1S/C23H27N3O/c1-16(2)18-4-6-19(7-5-18)23(27,20-10-17(11-24)12-25-13-20)22(3)14-26(15-22)21-8-9-21/h4-7,10,12-13,16,21,27H,8-9,14-15H2,1-3H3. The number of benzene rings is 1. The monoisotopic (exact) mass is 361 g/mol. The molecule has 0 spiro atoms. The van der Waals surface area contributed by atoms with Crippen LogP contribution in [0, 0.1) is 16.7 Å². The van der Waals surface area contributed by atoms with Crippen molar-refractivity contribution in [2.24, 2.45) is 5.41 Å². The smallest absolute Gasteiger partial charge is 0.124 e. The number of hydrogen-bond donors (Lipinski definition) is 1. The zero-order valence-electron chi connectivity index (χ0n) is 16.3. The van der Waals surface area contributed by atoms with Gasteiger partial charge in [0, 0.05) is 42.5 Å². The second kappa shape index (κ2) is 6.44. The zero-order chi connectivity index (χ0) is 19.2. The molecule has 2 fully saturated rings. The summed E-state index contributed by atoms with van der Waals surface area (Å²) in [7, 11) is 0. The second-order valence-electron chi connectivity index (χ2n) is 8.76. The fraction of sp³-hybridized carbons (Fsp3) is 0.478. The maximum absolute atomic E-state index is 12.1. The highest BCUT2D eigenvalue weighted by molar-refractivity contribution is 5.43. The van der Waals surface area contributed by atoms with Crippen LogP contribution >= 0.6 is 0 Å². The molecule has 0 bridgehead atoms. The van der Waals surface area contributed by atoms with E-state index < -0.39 is 5.60 Å². The fourth-order valence-electron chi connectivity index (χ4n) is 4.45. The van der Waals surface area contributed by atoms with Crippen molar-refractivity contribution < 1.29 is 5.11 Å². The average Bonchev–Trinajstić information content (AvgIpc) is 3.49. The molecule has 1 saturated heterocycles.